The van der Waals surface area contributed by atoms with Crippen molar-refractivity contribution in [2.45, 2.75) is 6.92 Å². The molecule has 0 aliphatic carbocycles. The SMILES string of the molecule is Cc1cccc2c(-c3c[nH]cc3-c3cc(N4CCN(C)CC4)c(Cl)cc3F)c[nH]c12. The third-order valence-corrected chi connectivity index (χ3v) is 6.43. The van der Waals surface area contributed by atoms with E-state index in [1.54, 1.807) is 0 Å². The molecule has 0 bridgehead atoms. The zero-order valence-corrected chi connectivity index (χ0v) is 17.9. The van der Waals surface area contributed by atoms with E-state index in [0.29, 0.717) is 10.6 Å². The monoisotopic (exact) mass is 422 g/mol. The summed E-state index contributed by atoms with van der Waals surface area (Å²) in [6, 6.07) is 9.58. The zero-order chi connectivity index (χ0) is 20.8. The van der Waals surface area contributed by atoms with Crippen LogP contribution in [0.1, 0.15) is 5.56 Å². The number of nitrogens with zero attached hydrogens (tertiary/aromatic N) is 2. The molecule has 3 heterocycles. The van der Waals surface area contributed by atoms with Crippen molar-refractivity contribution in [3.05, 3.63) is 65.3 Å². The first-order chi connectivity index (χ1) is 14.5. The fourth-order valence-electron chi connectivity index (χ4n) is 4.37. The molecule has 4 nitrogen and oxygen atoms in total. The van der Waals surface area contributed by atoms with Gasteiger partial charge in [-0.2, -0.15) is 0 Å². The van der Waals surface area contributed by atoms with Crippen LogP contribution in [0.25, 0.3) is 33.2 Å². The first kappa shape index (κ1) is 19.2. The van der Waals surface area contributed by atoms with Gasteiger partial charge in [0.25, 0.3) is 0 Å². The molecule has 2 aromatic heterocycles. The third-order valence-electron chi connectivity index (χ3n) is 6.13. The molecule has 1 fully saturated rings. The molecule has 1 aliphatic rings. The van der Waals surface area contributed by atoms with Crippen LogP contribution in [-0.2, 0) is 0 Å². The van der Waals surface area contributed by atoms with Crippen LogP contribution in [0, 0.1) is 12.7 Å². The minimum atomic E-state index is -0.310. The molecule has 2 aromatic carbocycles. The second kappa shape index (κ2) is 7.49. The summed E-state index contributed by atoms with van der Waals surface area (Å²) in [6.45, 7) is 5.77. The fraction of sp³-hybridized carbons (Fsp3) is 0.250. The van der Waals surface area contributed by atoms with E-state index in [1.807, 2.05) is 24.7 Å². The van der Waals surface area contributed by atoms with Crippen molar-refractivity contribution < 1.29 is 4.39 Å². The first-order valence-electron chi connectivity index (χ1n) is 10.2. The van der Waals surface area contributed by atoms with Gasteiger partial charge in [-0.25, -0.2) is 4.39 Å². The number of halogens is 2. The number of aryl methyl sites for hydroxylation is 1. The van der Waals surface area contributed by atoms with Crippen molar-refractivity contribution in [1.82, 2.24) is 14.9 Å². The number of aromatic nitrogens is 2. The van der Waals surface area contributed by atoms with E-state index in [9.17, 15) is 0 Å². The van der Waals surface area contributed by atoms with Gasteiger partial charge in [-0.1, -0.05) is 29.8 Å². The molecule has 5 rings (SSSR count). The predicted octanol–water partition coefficient (Wildman–Crippen LogP) is 5.68. The fourth-order valence-corrected chi connectivity index (χ4v) is 4.64. The third kappa shape index (κ3) is 3.18. The van der Waals surface area contributed by atoms with E-state index in [4.69, 9.17) is 11.6 Å². The molecule has 0 unspecified atom stereocenters. The number of aromatic amines is 2. The van der Waals surface area contributed by atoms with Gasteiger partial charge in [-0.05, 0) is 31.7 Å². The smallest absolute Gasteiger partial charge is 0.132 e. The normalized spacial score (nSPS) is 15.3. The molecule has 0 atom stereocenters. The number of anilines is 1. The summed E-state index contributed by atoms with van der Waals surface area (Å²) in [6.07, 6.45) is 5.80. The van der Waals surface area contributed by atoms with Crippen molar-refractivity contribution in [2.24, 2.45) is 0 Å². The second-order valence-corrected chi connectivity index (χ2v) is 8.46. The number of rotatable bonds is 3. The summed E-state index contributed by atoms with van der Waals surface area (Å²) in [5, 5.41) is 1.59. The van der Waals surface area contributed by atoms with E-state index < -0.39 is 0 Å². The number of hydrogen-bond donors (Lipinski definition) is 2. The molecular weight excluding hydrogens is 399 g/mol. The molecule has 30 heavy (non-hydrogen) atoms. The first-order valence-corrected chi connectivity index (χ1v) is 10.6. The van der Waals surface area contributed by atoms with E-state index in [0.717, 1.165) is 59.5 Å². The quantitative estimate of drug-likeness (QED) is 0.445. The van der Waals surface area contributed by atoms with Gasteiger partial charge in [-0.3, -0.25) is 0 Å². The maximum Gasteiger partial charge on any atom is 0.132 e. The molecule has 1 saturated heterocycles. The lowest BCUT2D eigenvalue weighted by Crippen LogP contribution is -2.44. The van der Waals surface area contributed by atoms with Crippen LogP contribution in [0.3, 0.4) is 0 Å². The highest BCUT2D eigenvalue weighted by atomic mass is 35.5. The lowest BCUT2D eigenvalue weighted by atomic mass is 9.97. The summed E-state index contributed by atoms with van der Waals surface area (Å²) in [5.41, 5.74) is 6.61. The van der Waals surface area contributed by atoms with Crippen LogP contribution in [0.5, 0.6) is 0 Å². The number of piperazine rings is 1. The van der Waals surface area contributed by atoms with E-state index in [-0.39, 0.29) is 5.82 Å². The maximum atomic E-state index is 15.1. The molecule has 2 N–H and O–H groups in total. The van der Waals surface area contributed by atoms with Crippen LogP contribution < -0.4 is 4.90 Å². The van der Waals surface area contributed by atoms with Gasteiger partial charge < -0.3 is 19.8 Å². The number of hydrogen-bond acceptors (Lipinski definition) is 2. The Morgan fingerprint density at radius 3 is 2.43 bits per heavy atom. The highest BCUT2D eigenvalue weighted by Crippen LogP contribution is 2.40. The Bertz CT molecular complexity index is 1220. The number of fused-ring (bicyclic) bond motifs is 1. The molecule has 6 heteroatoms. The van der Waals surface area contributed by atoms with Crippen LogP contribution in [0.4, 0.5) is 10.1 Å². The van der Waals surface area contributed by atoms with Gasteiger partial charge in [0, 0.05) is 77.9 Å². The Labute approximate surface area is 180 Å². The van der Waals surface area contributed by atoms with E-state index in [1.165, 1.54) is 11.6 Å². The average molecular weight is 423 g/mol. The number of likely N-dealkylation sites (N-methyl/N-ethyl adjacent to an activating group) is 1. The summed E-state index contributed by atoms with van der Waals surface area (Å²) in [7, 11) is 2.12. The predicted molar refractivity (Wildman–Crippen MR) is 123 cm³/mol. The average Bonchev–Trinajstić information content (AvgIpc) is 3.36. The Kier molecular flexibility index (Phi) is 4.80. The summed E-state index contributed by atoms with van der Waals surface area (Å²) >= 11 is 6.46. The van der Waals surface area contributed by atoms with Crippen molar-refractivity contribution in [1.29, 1.82) is 0 Å². The van der Waals surface area contributed by atoms with Crippen LogP contribution in [0.15, 0.2) is 48.9 Å². The highest BCUT2D eigenvalue weighted by Gasteiger charge is 2.21. The van der Waals surface area contributed by atoms with Crippen LogP contribution >= 0.6 is 11.6 Å². The Balaban J connectivity index is 1.61. The van der Waals surface area contributed by atoms with Crippen LogP contribution in [-0.4, -0.2) is 48.1 Å². The van der Waals surface area contributed by atoms with E-state index in [2.05, 4.69) is 51.9 Å². The molecule has 0 saturated carbocycles. The maximum absolute atomic E-state index is 15.1. The number of benzene rings is 2. The van der Waals surface area contributed by atoms with E-state index >= 15 is 4.39 Å². The Morgan fingerprint density at radius 1 is 0.933 bits per heavy atom. The lowest BCUT2D eigenvalue weighted by Gasteiger charge is -2.34. The molecule has 4 aromatic rings. The molecule has 1 aliphatic heterocycles. The second-order valence-electron chi connectivity index (χ2n) is 8.06. The van der Waals surface area contributed by atoms with Crippen molar-refractivity contribution in [3.63, 3.8) is 0 Å². The van der Waals surface area contributed by atoms with Crippen molar-refractivity contribution >= 4 is 28.2 Å². The molecule has 0 spiro atoms. The largest absolute Gasteiger partial charge is 0.368 e. The summed E-state index contributed by atoms with van der Waals surface area (Å²) in [5.74, 6) is -0.310. The number of nitrogens with one attached hydrogen (secondary N) is 2. The van der Waals surface area contributed by atoms with Gasteiger partial charge in [0.05, 0.1) is 10.7 Å². The number of para-hydroxylation sites is 1. The van der Waals surface area contributed by atoms with Gasteiger partial charge >= 0.3 is 0 Å². The Hall–Kier alpha value is -2.76. The standard InChI is InChI=1S/C24H24ClFN4/c1-15-4-3-5-16-20(14-28-24(15)16)19-13-27-12-18(19)17-10-23(21(25)11-22(17)26)30-8-6-29(2)7-9-30/h3-5,10-14,27-28H,6-9H2,1-2H3. The van der Waals surface area contributed by atoms with Gasteiger partial charge in [-0.15, -0.1) is 0 Å². The number of H-pyrrole nitrogens is 2. The zero-order valence-electron chi connectivity index (χ0n) is 17.1. The minimum Gasteiger partial charge on any atom is -0.368 e. The van der Waals surface area contributed by atoms with Crippen molar-refractivity contribution in [3.8, 4) is 22.3 Å². The Morgan fingerprint density at radius 2 is 1.67 bits per heavy atom. The molecule has 154 valence electrons. The van der Waals surface area contributed by atoms with Gasteiger partial charge in [0.2, 0.25) is 0 Å². The highest BCUT2D eigenvalue weighted by molar-refractivity contribution is 6.33. The van der Waals surface area contributed by atoms with Gasteiger partial charge in [0.1, 0.15) is 5.82 Å². The van der Waals surface area contributed by atoms with Crippen molar-refractivity contribution in [2.75, 3.05) is 38.1 Å². The molecule has 0 radical (unpaired) electrons. The van der Waals surface area contributed by atoms with Gasteiger partial charge in [0.15, 0.2) is 0 Å². The van der Waals surface area contributed by atoms with Crippen LogP contribution in [0.2, 0.25) is 5.02 Å². The molecule has 0 amide bonds. The molecular formula is C24H24ClFN4. The minimum absolute atomic E-state index is 0.310. The summed E-state index contributed by atoms with van der Waals surface area (Å²) in [4.78, 5) is 11.1. The topological polar surface area (TPSA) is 38.1 Å². The lowest BCUT2D eigenvalue weighted by molar-refractivity contribution is 0.313. The summed E-state index contributed by atoms with van der Waals surface area (Å²) < 4.78 is 15.1.